The van der Waals surface area contributed by atoms with Crippen LogP contribution in [0.25, 0.3) is 0 Å². The second-order valence-corrected chi connectivity index (χ2v) is 8.63. The van der Waals surface area contributed by atoms with Crippen LogP contribution in [0.5, 0.6) is 0 Å². The number of nitrogens with zero attached hydrogens (tertiary/aromatic N) is 1. The first-order valence-corrected chi connectivity index (χ1v) is 12.0. The van der Waals surface area contributed by atoms with Crippen LogP contribution < -0.4 is 16.8 Å². The van der Waals surface area contributed by atoms with Crippen LogP contribution in [0, 0.1) is 0 Å². The molecule has 2 aliphatic rings. The lowest BCUT2D eigenvalue weighted by atomic mass is 9.94. The molecule has 0 aromatic rings. The fraction of sp³-hybridized carbons (Fsp3) is 0.826. The molecule has 2 aliphatic carbocycles. The number of methoxy groups -OCH3 is 1. The zero-order valence-corrected chi connectivity index (χ0v) is 20.5. The van der Waals surface area contributed by atoms with Gasteiger partial charge in [-0.25, -0.2) is 0 Å². The van der Waals surface area contributed by atoms with Crippen LogP contribution in [0.2, 0.25) is 0 Å². The van der Waals surface area contributed by atoms with E-state index in [0.29, 0.717) is 6.04 Å². The van der Waals surface area contributed by atoms with Gasteiger partial charge in [0.15, 0.2) is 11.6 Å². The van der Waals surface area contributed by atoms with E-state index in [0.717, 1.165) is 25.7 Å². The SMILES string of the molecule is COC(=O)CNCC(N)=O.NC1CCCCC1.O=C(CO)CN(CC(=O)CO)C1CCCCC1. The zero-order chi connectivity index (χ0) is 25.8. The minimum Gasteiger partial charge on any atom is -0.468 e. The summed E-state index contributed by atoms with van der Waals surface area (Å²) >= 11 is 0. The summed E-state index contributed by atoms with van der Waals surface area (Å²) in [6.45, 7) is -0.762. The van der Waals surface area contributed by atoms with Crippen molar-refractivity contribution in [3.8, 4) is 0 Å². The molecule has 0 unspecified atom stereocenters. The number of hydrogen-bond donors (Lipinski definition) is 5. The van der Waals surface area contributed by atoms with Crippen molar-refractivity contribution in [3.63, 3.8) is 0 Å². The Hall–Kier alpha value is -1.92. The first-order chi connectivity index (χ1) is 16.2. The van der Waals surface area contributed by atoms with E-state index in [1.54, 1.807) is 4.90 Å². The Labute approximate surface area is 202 Å². The van der Waals surface area contributed by atoms with Gasteiger partial charge in [0.2, 0.25) is 5.91 Å². The second-order valence-electron chi connectivity index (χ2n) is 8.63. The quantitative estimate of drug-likeness (QED) is 0.232. The highest BCUT2D eigenvalue weighted by Crippen LogP contribution is 2.22. The number of Topliss-reactive ketones (excluding diaryl/α,β-unsaturated/α-hetero) is 2. The van der Waals surface area contributed by atoms with Crippen molar-refractivity contribution in [3.05, 3.63) is 0 Å². The molecule has 198 valence electrons. The highest BCUT2D eigenvalue weighted by molar-refractivity contribution is 5.84. The number of aliphatic hydroxyl groups excluding tert-OH is 2. The van der Waals surface area contributed by atoms with E-state index in [1.165, 1.54) is 45.6 Å². The van der Waals surface area contributed by atoms with Crippen molar-refractivity contribution < 1.29 is 34.1 Å². The molecular weight excluding hydrogens is 444 g/mol. The van der Waals surface area contributed by atoms with Crippen LogP contribution in [0.4, 0.5) is 0 Å². The molecule has 0 bridgehead atoms. The van der Waals surface area contributed by atoms with Crippen molar-refractivity contribution in [2.75, 3.05) is 46.5 Å². The summed E-state index contributed by atoms with van der Waals surface area (Å²) in [6.07, 6.45) is 12.1. The Morgan fingerprint density at radius 3 is 1.68 bits per heavy atom. The van der Waals surface area contributed by atoms with Gasteiger partial charge in [-0.05, 0) is 25.7 Å². The van der Waals surface area contributed by atoms with Crippen molar-refractivity contribution in [2.24, 2.45) is 11.5 Å². The summed E-state index contributed by atoms with van der Waals surface area (Å²) in [6, 6.07) is 0.767. The fourth-order valence-electron chi connectivity index (χ4n) is 3.81. The smallest absolute Gasteiger partial charge is 0.319 e. The molecule has 7 N–H and O–H groups in total. The highest BCUT2D eigenvalue weighted by Gasteiger charge is 2.24. The molecule has 0 spiro atoms. The number of carbonyl (C=O) groups excluding carboxylic acids is 4. The van der Waals surface area contributed by atoms with Crippen LogP contribution >= 0.6 is 0 Å². The average Bonchev–Trinajstić information content (AvgIpc) is 2.84. The van der Waals surface area contributed by atoms with Gasteiger partial charge in [0.25, 0.3) is 0 Å². The summed E-state index contributed by atoms with van der Waals surface area (Å²) in [5, 5.41) is 20.0. The monoisotopic (exact) mass is 488 g/mol. The molecule has 0 heterocycles. The molecule has 2 fully saturated rings. The van der Waals surface area contributed by atoms with E-state index in [4.69, 9.17) is 21.7 Å². The Balaban J connectivity index is 0.000000539. The Bertz CT molecular complexity index is 574. The number of amides is 1. The van der Waals surface area contributed by atoms with Crippen molar-refractivity contribution in [1.82, 2.24) is 10.2 Å². The molecular formula is C23H44N4O7. The third kappa shape index (κ3) is 17.5. The number of ether oxygens (including phenoxy) is 1. The highest BCUT2D eigenvalue weighted by atomic mass is 16.5. The van der Waals surface area contributed by atoms with Gasteiger partial charge >= 0.3 is 5.97 Å². The van der Waals surface area contributed by atoms with Gasteiger partial charge in [-0.2, -0.15) is 0 Å². The Kier molecular flexibility index (Phi) is 19.3. The van der Waals surface area contributed by atoms with Crippen LogP contribution in [-0.4, -0.2) is 97.1 Å². The van der Waals surface area contributed by atoms with Crippen molar-refractivity contribution in [1.29, 1.82) is 0 Å². The molecule has 34 heavy (non-hydrogen) atoms. The van der Waals surface area contributed by atoms with Gasteiger partial charge in [0, 0.05) is 12.1 Å². The number of rotatable bonds is 11. The summed E-state index contributed by atoms with van der Waals surface area (Å²) in [7, 11) is 1.27. The Morgan fingerprint density at radius 2 is 1.32 bits per heavy atom. The summed E-state index contributed by atoms with van der Waals surface area (Å²) in [5.41, 5.74) is 10.4. The first kappa shape index (κ1) is 32.1. The number of hydrogen-bond acceptors (Lipinski definition) is 10. The number of esters is 1. The predicted octanol–water partition coefficient (Wildman–Crippen LogP) is -0.744. The van der Waals surface area contributed by atoms with E-state index >= 15 is 0 Å². The molecule has 2 saturated carbocycles. The molecule has 0 atom stereocenters. The maximum Gasteiger partial charge on any atom is 0.319 e. The van der Waals surface area contributed by atoms with Crippen LogP contribution in [0.3, 0.4) is 0 Å². The van der Waals surface area contributed by atoms with E-state index in [9.17, 15) is 19.2 Å². The summed E-state index contributed by atoms with van der Waals surface area (Å²) in [5.74, 6) is -1.47. The first-order valence-electron chi connectivity index (χ1n) is 12.0. The van der Waals surface area contributed by atoms with Gasteiger partial charge in [-0.3, -0.25) is 29.4 Å². The molecule has 0 aliphatic heterocycles. The van der Waals surface area contributed by atoms with E-state index in [2.05, 4.69) is 10.1 Å². The van der Waals surface area contributed by atoms with E-state index < -0.39 is 25.1 Å². The van der Waals surface area contributed by atoms with Gasteiger partial charge in [-0.15, -0.1) is 0 Å². The number of carbonyl (C=O) groups is 4. The maximum atomic E-state index is 11.3. The normalized spacial score (nSPS) is 16.5. The van der Waals surface area contributed by atoms with Crippen LogP contribution in [0.15, 0.2) is 0 Å². The standard InChI is InChI=1S/C12H21NO4.C6H13N.C5H10N2O3/c14-8-11(16)6-13(7-12(17)9-15)10-4-2-1-3-5-10;7-6-4-2-1-3-5-6;1-10-5(9)3-7-2-4(6)8/h10,14-15H,1-9H2;6H,1-5,7H2;7H,2-3H2,1H3,(H2,6,8). The number of ketones is 2. The fourth-order valence-corrected chi connectivity index (χ4v) is 3.81. The second kappa shape index (κ2) is 20.5. The van der Waals surface area contributed by atoms with E-state index in [-0.39, 0.29) is 43.8 Å². The summed E-state index contributed by atoms with van der Waals surface area (Å²) in [4.78, 5) is 44.8. The predicted molar refractivity (Wildman–Crippen MR) is 128 cm³/mol. The van der Waals surface area contributed by atoms with Crippen LogP contribution in [-0.2, 0) is 23.9 Å². The average molecular weight is 489 g/mol. The molecule has 11 heteroatoms. The van der Waals surface area contributed by atoms with Gasteiger partial charge < -0.3 is 26.4 Å². The molecule has 0 aromatic carbocycles. The molecule has 2 rings (SSSR count). The number of nitrogens with two attached hydrogens (primary N) is 2. The zero-order valence-electron chi connectivity index (χ0n) is 20.5. The van der Waals surface area contributed by atoms with Crippen LogP contribution in [0.1, 0.15) is 64.2 Å². The lowest BCUT2D eigenvalue weighted by Crippen LogP contribution is -2.44. The molecule has 11 nitrogen and oxygen atoms in total. The lowest BCUT2D eigenvalue weighted by molar-refractivity contribution is -0.139. The third-order valence-electron chi connectivity index (χ3n) is 5.65. The van der Waals surface area contributed by atoms with Crippen molar-refractivity contribution in [2.45, 2.75) is 76.3 Å². The molecule has 0 saturated heterocycles. The van der Waals surface area contributed by atoms with Gasteiger partial charge in [0.05, 0.1) is 33.3 Å². The minimum atomic E-state index is -0.496. The Morgan fingerprint density at radius 1 is 0.853 bits per heavy atom. The lowest BCUT2D eigenvalue weighted by Gasteiger charge is -2.33. The maximum absolute atomic E-state index is 11.3. The molecule has 1 amide bonds. The summed E-state index contributed by atoms with van der Waals surface area (Å²) < 4.78 is 4.28. The topological polar surface area (TPSA) is 185 Å². The van der Waals surface area contributed by atoms with Gasteiger partial charge in [-0.1, -0.05) is 38.5 Å². The van der Waals surface area contributed by atoms with Gasteiger partial charge in [0.1, 0.15) is 13.2 Å². The van der Waals surface area contributed by atoms with E-state index in [1.807, 2.05) is 0 Å². The van der Waals surface area contributed by atoms with Crippen molar-refractivity contribution >= 4 is 23.4 Å². The number of aliphatic hydroxyl groups is 2. The number of nitrogens with one attached hydrogen (secondary N) is 1. The molecule has 0 aromatic heterocycles. The molecule has 0 radical (unpaired) electrons. The minimum absolute atomic E-state index is 0.00486. The third-order valence-corrected chi connectivity index (χ3v) is 5.65. The largest absolute Gasteiger partial charge is 0.468 e. The number of primary amides is 1.